The molecule has 11 heteroatoms. The molecule has 156 valence electrons. The lowest BCUT2D eigenvalue weighted by Crippen LogP contribution is -2.73. The molecular formula is C19H19Cl2N7O2. The number of pyridine rings is 1. The Labute approximate surface area is 182 Å². The van der Waals surface area contributed by atoms with Crippen molar-refractivity contribution < 1.29 is 4.79 Å². The first-order valence-corrected chi connectivity index (χ1v) is 9.97. The van der Waals surface area contributed by atoms with Crippen LogP contribution in [0.5, 0.6) is 0 Å². The van der Waals surface area contributed by atoms with Crippen LogP contribution in [0.15, 0.2) is 29.5 Å². The van der Waals surface area contributed by atoms with Crippen molar-refractivity contribution in [3.8, 4) is 0 Å². The molecule has 3 aromatic heterocycles. The van der Waals surface area contributed by atoms with Crippen molar-refractivity contribution in [2.75, 3.05) is 10.7 Å². The average molecular weight is 448 g/mol. The van der Waals surface area contributed by atoms with Gasteiger partial charge in [0, 0.05) is 6.20 Å². The normalized spacial score (nSPS) is 19.8. The van der Waals surface area contributed by atoms with Crippen LogP contribution in [0.1, 0.15) is 42.6 Å². The Kier molecular flexibility index (Phi) is 4.07. The fourth-order valence-electron chi connectivity index (χ4n) is 5.04. The number of nitrogens with one attached hydrogen (secondary N) is 4. The van der Waals surface area contributed by atoms with Gasteiger partial charge in [-0.05, 0) is 43.2 Å². The van der Waals surface area contributed by atoms with Gasteiger partial charge in [-0.25, -0.2) is 14.6 Å². The number of nitrogens with zero attached hydrogens (tertiary/aromatic N) is 3. The van der Waals surface area contributed by atoms with Gasteiger partial charge in [0.05, 0.1) is 10.4 Å². The van der Waals surface area contributed by atoms with Crippen LogP contribution in [0.4, 0.5) is 11.5 Å². The van der Waals surface area contributed by atoms with Crippen molar-refractivity contribution in [1.82, 2.24) is 24.9 Å². The molecule has 4 N–H and O–H groups in total. The number of carbonyl (C=O) groups excluding carboxylic acids is 1. The van der Waals surface area contributed by atoms with Crippen LogP contribution in [0.2, 0.25) is 5.02 Å². The van der Waals surface area contributed by atoms with Gasteiger partial charge in [-0.3, -0.25) is 15.0 Å². The van der Waals surface area contributed by atoms with Crippen molar-refractivity contribution in [1.29, 1.82) is 0 Å². The average Bonchev–Trinajstić information content (AvgIpc) is 3.11. The fraction of sp³-hybridized carbons (Fsp3) is 0.368. The minimum absolute atomic E-state index is 0. The molecule has 6 rings (SSSR count). The summed E-state index contributed by atoms with van der Waals surface area (Å²) in [7, 11) is 0. The van der Waals surface area contributed by atoms with E-state index in [2.05, 4.69) is 31.0 Å². The summed E-state index contributed by atoms with van der Waals surface area (Å²) in [6.45, 7) is 0. The maximum Gasteiger partial charge on any atom is 0.293 e. The predicted molar refractivity (Wildman–Crippen MR) is 115 cm³/mol. The highest BCUT2D eigenvalue weighted by Gasteiger charge is 2.59. The number of halogens is 2. The molecule has 30 heavy (non-hydrogen) atoms. The summed E-state index contributed by atoms with van der Waals surface area (Å²) in [5.41, 5.74) is 3.59. The monoisotopic (exact) mass is 447 g/mol. The quantitative estimate of drug-likeness (QED) is 0.479. The molecule has 2 fully saturated rings. The topological polar surface area (TPSA) is 117 Å². The highest BCUT2D eigenvalue weighted by molar-refractivity contribution is 6.34. The zero-order valence-electron chi connectivity index (χ0n) is 15.8. The molecule has 0 aromatic carbocycles. The number of anilines is 2. The van der Waals surface area contributed by atoms with E-state index in [1.165, 1.54) is 36.3 Å². The lowest BCUT2D eigenvalue weighted by atomic mass is 9.51. The Balaban J connectivity index is 0.00000193. The summed E-state index contributed by atoms with van der Waals surface area (Å²) < 4.78 is 1.28. The Morgan fingerprint density at radius 3 is 2.73 bits per heavy atom. The molecule has 4 heterocycles. The highest BCUT2D eigenvalue weighted by atomic mass is 35.5. The lowest BCUT2D eigenvalue weighted by Gasteiger charge is -2.62. The lowest BCUT2D eigenvalue weighted by molar-refractivity contribution is -0.0531. The molecule has 3 aliphatic rings. The first-order valence-electron chi connectivity index (χ1n) is 9.59. The van der Waals surface area contributed by atoms with Crippen molar-refractivity contribution in [3.63, 3.8) is 0 Å². The molecule has 0 radical (unpaired) electrons. The summed E-state index contributed by atoms with van der Waals surface area (Å²) in [5.74, 6) is 0.152. The minimum atomic E-state index is -0.584. The summed E-state index contributed by atoms with van der Waals surface area (Å²) in [6, 6.07) is 3.28. The summed E-state index contributed by atoms with van der Waals surface area (Å²) in [4.78, 5) is 37.4. The third kappa shape index (κ3) is 2.61. The number of aromatic amines is 1. The van der Waals surface area contributed by atoms with Crippen LogP contribution in [-0.4, -0.2) is 31.2 Å². The van der Waals surface area contributed by atoms with E-state index < -0.39 is 5.66 Å². The number of hydrogen-bond acceptors (Lipinski definition) is 6. The number of amides is 1. The zero-order valence-corrected chi connectivity index (χ0v) is 17.4. The maximum atomic E-state index is 13.2. The van der Waals surface area contributed by atoms with Gasteiger partial charge < -0.3 is 15.6 Å². The van der Waals surface area contributed by atoms with E-state index in [4.69, 9.17) is 11.6 Å². The SMILES string of the molecule is Cl.O=C1NC2(CC3(CCC3)C2)Nn2c1c(Cl)cc(Nc1ncnc3[nH]ccc13)c2=O. The fourth-order valence-corrected chi connectivity index (χ4v) is 5.32. The van der Waals surface area contributed by atoms with Crippen LogP contribution >= 0.6 is 24.0 Å². The Hall–Kier alpha value is -2.78. The van der Waals surface area contributed by atoms with Gasteiger partial charge in [0.1, 0.15) is 34.8 Å². The van der Waals surface area contributed by atoms with Gasteiger partial charge in [-0.2, -0.15) is 0 Å². The molecule has 3 aromatic rings. The van der Waals surface area contributed by atoms with Crippen molar-refractivity contribution in [2.45, 2.75) is 37.8 Å². The van der Waals surface area contributed by atoms with Crippen LogP contribution in [0.3, 0.4) is 0 Å². The number of aromatic nitrogens is 4. The van der Waals surface area contributed by atoms with Gasteiger partial charge in [-0.1, -0.05) is 18.0 Å². The smallest absolute Gasteiger partial charge is 0.293 e. The van der Waals surface area contributed by atoms with E-state index in [-0.39, 0.29) is 40.3 Å². The van der Waals surface area contributed by atoms with Crippen molar-refractivity contribution in [2.24, 2.45) is 5.41 Å². The zero-order chi connectivity index (χ0) is 19.8. The molecule has 1 amide bonds. The molecular weight excluding hydrogens is 429 g/mol. The van der Waals surface area contributed by atoms with Gasteiger partial charge in [0.2, 0.25) is 0 Å². The summed E-state index contributed by atoms with van der Waals surface area (Å²) >= 11 is 6.39. The van der Waals surface area contributed by atoms with E-state index in [9.17, 15) is 9.59 Å². The second-order valence-corrected chi connectivity index (χ2v) is 8.74. The van der Waals surface area contributed by atoms with Crippen LogP contribution < -0.4 is 21.6 Å². The number of fused-ring (bicyclic) bond motifs is 2. The predicted octanol–water partition coefficient (Wildman–Crippen LogP) is 2.89. The van der Waals surface area contributed by atoms with Crippen molar-refractivity contribution in [3.05, 3.63) is 45.7 Å². The first-order chi connectivity index (χ1) is 14.0. The number of carbonyl (C=O) groups is 1. The number of hydrogen-bond donors (Lipinski definition) is 4. The molecule has 0 atom stereocenters. The first kappa shape index (κ1) is 19.2. The molecule has 1 aliphatic heterocycles. The molecule has 2 spiro atoms. The van der Waals surface area contributed by atoms with Gasteiger partial charge >= 0.3 is 0 Å². The second kappa shape index (κ2) is 6.36. The van der Waals surface area contributed by atoms with E-state index >= 15 is 0 Å². The van der Waals surface area contributed by atoms with Crippen LogP contribution in [0, 0.1) is 5.41 Å². The van der Waals surface area contributed by atoms with Gasteiger partial charge in [0.15, 0.2) is 0 Å². The molecule has 2 saturated carbocycles. The van der Waals surface area contributed by atoms with Crippen LogP contribution in [-0.2, 0) is 0 Å². The third-order valence-corrected chi connectivity index (χ3v) is 6.71. The molecule has 0 unspecified atom stereocenters. The molecule has 9 nitrogen and oxygen atoms in total. The van der Waals surface area contributed by atoms with E-state index in [0.717, 1.165) is 18.2 Å². The Bertz CT molecular complexity index is 1240. The molecule has 2 aliphatic carbocycles. The van der Waals surface area contributed by atoms with Crippen LogP contribution in [0.25, 0.3) is 11.0 Å². The standard InChI is InChI=1S/C19H18ClN7O2.ClH/c20-11-6-12(24-15-10-2-5-21-14(10)22-9-23-15)17(29)27-13(11)16(28)25-19(26-27)7-18(8-19)3-1-4-18;/h2,5-6,9,26H,1,3-4,7-8H2,(H,25,28)(H2,21,22,23,24);1H. The number of H-pyrrole nitrogens is 1. The second-order valence-electron chi connectivity index (χ2n) is 8.34. The van der Waals surface area contributed by atoms with Gasteiger partial charge in [-0.15, -0.1) is 12.4 Å². The van der Waals surface area contributed by atoms with E-state index in [1.807, 2.05) is 6.07 Å². The summed E-state index contributed by atoms with van der Waals surface area (Å²) in [5, 5.41) is 7.01. The minimum Gasteiger partial charge on any atom is -0.346 e. The summed E-state index contributed by atoms with van der Waals surface area (Å²) in [6.07, 6.45) is 8.39. The van der Waals surface area contributed by atoms with Crippen molar-refractivity contribution >= 4 is 52.5 Å². The van der Waals surface area contributed by atoms with Gasteiger partial charge in [0.25, 0.3) is 11.5 Å². The molecule has 0 saturated heterocycles. The van der Waals surface area contributed by atoms with E-state index in [1.54, 1.807) is 6.20 Å². The largest absolute Gasteiger partial charge is 0.346 e. The Morgan fingerprint density at radius 1 is 1.20 bits per heavy atom. The highest BCUT2D eigenvalue weighted by Crippen LogP contribution is 2.60. The molecule has 0 bridgehead atoms. The number of rotatable bonds is 2. The van der Waals surface area contributed by atoms with E-state index in [0.29, 0.717) is 16.9 Å². The maximum absolute atomic E-state index is 13.2. The third-order valence-electron chi connectivity index (χ3n) is 6.42. The Morgan fingerprint density at radius 2 is 2.00 bits per heavy atom.